The number of hydrogen-bond acceptors (Lipinski definition) is 2. The molecule has 3 aromatic carbocycles. The molecule has 132 valence electrons. The number of nitrogens with zero attached hydrogens (tertiary/aromatic N) is 1. The Bertz CT molecular complexity index is 985. The third kappa shape index (κ3) is 4.21. The predicted molar refractivity (Wildman–Crippen MR) is 122 cm³/mol. The average molecular weight is 432 g/mol. The van der Waals surface area contributed by atoms with Gasteiger partial charge < -0.3 is 4.90 Å². The van der Waals surface area contributed by atoms with E-state index in [4.69, 9.17) is 0 Å². The zero-order chi connectivity index (χ0) is 18.5. The summed E-state index contributed by atoms with van der Waals surface area (Å²) in [5.41, 5.74) is 5.78. The SMILES string of the molecule is Brc1cc(N(c2ccccc2)c2ccccc2)ccc1/C=C/c1ccsc1. The lowest BCUT2D eigenvalue weighted by Crippen LogP contribution is -2.09. The van der Waals surface area contributed by atoms with Gasteiger partial charge in [0.25, 0.3) is 0 Å². The van der Waals surface area contributed by atoms with Gasteiger partial charge in [-0.2, -0.15) is 11.3 Å². The van der Waals surface area contributed by atoms with Crippen LogP contribution in [0.15, 0.2) is 100 Å². The molecule has 0 bridgehead atoms. The maximum atomic E-state index is 3.75. The van der Waals surface area contributed by atoms with E-state index in [1.165, 1.54) is 5.56 Å². The normalized spacial score (nSPS) is 11.0. The Morgan fingerprint density at radius 3 is 1.93 bits per heavy atom. The number of rotatable bonds is 5. The molecule has 0 atom stereocenters. The number of benzene rings is 3. The molecule has 0 fully saturated rings. The van der Waals surface area contributed by atoms with Crippen LogP contribution in [0.5, 0.6) is 0 Å². The Balaban J connectivity index is 1.72. The largest absolute Gasteiger partial charge is 0.310 e. The molecular weight excluding hydrogens is 414 g/mol. The Labute approximate surface area is 172 Å². The molecule has 0 saturated heterocycles. The maximum Gasteiger partial charge on any atom is 0.0473 e. The van der Waals surface area contributed by atoms with Crippen molar-refractivity contribution in [2.45, 2.75) is 0 Å². The third-order valence-corrected chi connectivity index (χ3v) is 5.66. The van der Waals surface area contributed by atoms with Crippen molar-refractivity contribution in [3.05, 3.63) is 111 Å². The van der Waals surface area contributed by atoms with E-state index < -0.39 is 0 Å². The van der Waals surface area contributed by atoms with Crippen molar-refractivity contribution >= 4 is 56.5 Å². The van der Waals surface area contributed by atoms with Gasteiger partial charge in [-0.15, -0.1) is 0 Å². The fourth-order valence-electron chi connectivity index (χ4n) is 2.95. The van der Waals surface area contributed by atoms with Crippen molar-refractivity contribution in [3.63, 3.8) is 0 Å². The first-order valence-electron chi connectivity index (χ1n) is 8.71. The molecule has 1 aromatic heterocycles. The van der Waals surface area contributed by atoms with Crippen molar-refractivity contribution in [1.29, 1.82) is 0 Å². The monoisotopic (exact) mass is 431 g/mol. The number of para-hydroxylation sites is 2. The van der Waals surface area contributed by atoms with Crippen LogP contribution in [-0.2, 0) is 0 Å². The van der Waals surface area contributed by atoms with E-state index >= 15 is 0 Å². The lowest BCUT2D eigenvalue weighted by atomic mass is 10.1. The Morgan fingerprint density at radius 1 is 0.704 bits per heavy atom. The van der Waals surface area contributed by atoms with Crippen molar-refractivity contribution in [2.75, 3.05) is 4.90 Å². The van der Waals surface area contributed by atoms with Gasteiger partial charge in [0.15, 0.2) is 0 Å². The van der Waals surface area contributed by atoms with Crippen molar-refractivity contribution in [3.8, 4) is 0 Å². The molecule has 0 aliphatic heterocycles. The van der Waals surface area contributed by atoms with E-state index in [1.807, 2.05) is 12.1 Å². The van der Waals surface area contributed by atoms with Crippen molar-refractivity contribution < 1.29 is 0 Å². The van der Waals surface area contributed by atoms with Crippen LogP contribution < -0.4 is 4.90 Å². The first-order valence-corrected chi connectivity index (χ1v) is 10.4. The van der Waals surface area contributed by atoms with Gasteiger partial charge in [-0.05, 0) is 64.4 Å². The van der Waals surface area contributed by atoms with Crippen molar-refractivity contribution in [2.24, 2.45) is 0 Å². The van der Waals surface area contributed by atoms with Gasteiger partial charge in [0.2, 0.25) is 0 Å². The van der Waals surface area contributed by atoms with E-state index in [2.05, 4.69) is 117 Å². The molecule has 0 amide bonds. The van der Waals surface area contributed by atoms with Gasteiger partial charge in [-0.25, -0.2) is 0 Å². The minimum Gasteiger partial charge on any atom is -0.310 e. The first kappa shape index (κ1) is 17.8. The van der Waals surface area contributed by atoms with E-state index in [9.17, 15) is 0 Å². The Kier molecular flexibility index (Phi) is 5.52. The number of thiophene rings is 1. The minimum atomic E-state index is 1.07. The highest BCUT2D eigenvalue weighted by Gasteiger charge is 2.12. The van der Waals surface area contributed by atoms with Crippen LogP contribution >= 0.6 is 27.3 Å². The van der Waals surface area contributed by atoms with Crippen LogP contribution in [0.25, 0.3) is 12.2 Å². The molecule has 0 aliphatic carbocycles. The van der Waals surface area contributed by atoms with Crippen LogP contribution in [0.1, 0.15) is 11.1 Å². The summed E-state index contributed by atoms with van der Waals surface area (Å²) in [6.45, 7) is 0. The first-order chi connectivity index (χ1) is 13.3. The highest BCUT2D eigenvalue weighted by atomic mass is 79.9. The molecule has 1 nitrogen and oxygen atoms in total. The fourth-order valence-corrected chi connectivity index (χ4v) is 4.07. The second kappa shape index (κ2) is 8.38. The molecule has 27 heavy (non-hydrogen) atoms. The number of hydrogen-bond donors (Lipinski definition) is 0. The summed E-state index contributed by atoms with van der Waals surface area (Å²) in [6.07, 6.45) is 4.29. The highest BCUT2D eigenvalue weighted by molar-refractivity contribution is 9.10. The molecule has 1 heterocycles. The van der Waals surface area contributed by atoms with Gasteiger partial charge >= 0.3 is 0 Å². The van der Waals surface area contributed by atoms with E-state index in [-0.39, 0.29) is 0 Å². The minimum absolute atomic E-state index is 1.07. The third-order valence-electron chi connectivity index (χ3n) is 4.27. The standard InChI is InChI=1S/C24H18BrNS/c25-24-17-23(14-13-20(24)12-11-19-15-16-27-18-19)26(21-7-3-1-4-8-21)22-9-5-2-6-10-22/h1-18H/b12-11+. The lowest BCUT2D eigenvalue weighted by Gasteiger charge is -2.25. The molecule has 4 rings (SSSR count). The van der Waals surface area contributed by atoms with Gasteiger partial charge in [-0.1, -0.05) is 70.5 Å². The summed E-state index contributed by atoms with van der Waals surface area (Å²) in [5, 5.41) is 4.24. The maximum absolute atomic E-state index is 3.75. The molecule has 0 spiro atoms. The number of halogens is 1. The zero-order valence-electron chi connectivity index (χ0n) is 14.6. The van der Waals surface area contributed by atoms with E-state index in [1.54, 1.807) is 11.3 Å². The smallest absolute Gasteiger partial charge is 0.0473 e. The highest BCUT2D eigenvalue weighted by Crippen LogP contribution is 2.36. The summed E-state index contributed by atoms with van der Waals surface area (Å²) in [6, 6.07) is 29.5. The van der Waals surface area contributed by atoms with Crippen LogP contribution in [0.2, 0.25) is 0 Å². The summed E-state index contributed by atoms with van der Waals surface area (Å²) in [5.74, 6) is 0. The number of anilines is 3. The summed E-state index contributed by atoms with van der Waals surface area (Å²) < 4.78 is 1.07. The Morgan fingerprint density at radius 2 is 1.37 bits per heavy atom. The molecule has 0 radical (unpaired) electrons. The average Bonchev–Trinajstić information content (AvgIpc) is 3.23. The topological polar surface area (TPSA) is 3.24 Å². The molecule has 0 saturated carbocycles. The van der Waals surface area contributed by atoms with Crippen molar-refractivity contribution in [1.82, 2.24) is 0 Å². The predicted octanol–water partition coefficient (Wildman–Crippen LogP) is 8.15. The second-order valence-corrected chi connectivity index (χ2v) is 7.74. The molecule has 0 N–H and O–H groups in total. The van der Waals surface area contributed by atoms with Gasteiger partial charge in [-0.3, -0.25) is 0 Å². The van der Waals surface area contributed by atoms with Crippen LogP contribution in [0.4, 0.5) is 17.1 Å². The van der Waals surface area contributed by atoms with Crippen LogP contribution in [-0.4, -0.2) is 0 Å². The van der Waals surface area contributed by atoms with Crippen LogP contribution in [0.3, 0.4) is 0 Å². The molecule has 0 unspecified atom stereocenters. The quantitative estimate of drug-likeness (QED) is 0.308. The van der Waals surface area contributed by atoms with Gasteiger partial charge in [0.1, 0.15) is 0 Å². The summed E-state index contributed by atoms with van der Waals surface area (Å²) in [7, 11) is 0. The Hall–Kier alpha value is -2.62. The molecule has 3 heteroatoms. The molecular formula is C24H18BrNS. The van der Waals surface area contributed by atoms with Gasteiger partial charge in [0, 0.05) is 21.5 Å². The second-order valence-electron chi connectivity index (χ2n) is 6.10. The van der Waals surface area contributed by atoms with E-state index in [0.717, 1.165) is 27.1 Å². The fraction of sp³-hybridized carbons (Fsp3) is 0. The molecule has 4 aromatic rings. The zero-order valence-corrected chi connectivity index (χ0v) is 17.0. The van der Waals surface area contributed by atoms with Gasteiger partial charge in [0.05, 0.1) is 0 Å². The van der Waals surface area contributed by atoms with E-state index in [0.29, 0.717) is 0 Å². The summed E-state index contributed by atoms with van der Waals surface area (Å²) in [4.78, 5) is 2.26. The lowest BCUT2D eigenvalue weighted by molar-refractivity contribution is 1.28. The molecule has 0 aliphatic rings. The van der Waals surface area contributed by atoms with Crippen LogP contribution in [0, 0.1) is 0 Å². The summed E-state index contributed by atoms with van der Waals surface area (Å²) >= 11 is 5.46.